The summed E-state index contributed by atoms with van der Waals surface area (Å²) >= 11 is 0. The molecule has 35 heavy (non-hydrogen) atoms. The fourth-order valence-corrected chi connectivity index (χ4v) is 5.73. The van der Waals surface area contributed by atoms with Crippen molar-refractivity contribution >= 4 is 11.6 Å². The smallest absolute Gasteiger partial charge is 0.251 e. The van der Waals surface area contributed by atoms with Crippen LogP contribution in [0.5, 0.6) is 5.75 Å². The van der Waals surface area contributed by atoms with E-state index in [0.717, 1.165) is 42.2 Å². The van der Waals surface area contributed by atoms with Crippen molar-refractivity contribution in [1.82, 2.24) is 20.0 Å². The van der Waals surface area contributed by atoms with E-state index in [1.54, 1.807) is 7.11 Å². The molecule has 3 aromatic rings. The Morgan fingerprint density at radius 3 is 2.63 bits per heavy atom. The van der Waals surface area contributed by atoms with Gasteiger partial charge >= 0.3 is 0 Å². The SMILES string of the molecule is COc1ccccc1-c1cc([C@@H]2CN3CC[C@H]2C[C@@H]3CNC(=O)c2ccc(N(C)C)cc2)n(C)n1. The largest absolute Gasteiger partial charge is 0.496 e. The number of ether oxygens (including phenoxy) is 1. The highest BCUT2D eigenvalue weighted by Gasteiger charge is 2.42. The number of hydrogen-bond acceptors (Lipinski definition) is 5. The Balaban J connectivity index is 1.24. The number of anilines is 1. The highest BCUT2D eigenvalue weighted by atomic mass is 16.5. The standard InChI is InChI=1S/C28H35N5O2/c1-31(2)21-11-9-19(10-12-21)28(34)29-17-22-15-20-13-14-33(22)18-24(20)26-16-25(30-32(26)3)23-7-5-6-8-27(23)35-4/h5-12,16,20,22,24H,13-15,17-18H2,1-4H3,(H,29,34)/t20-,22+,24+/m0/s1. The fourth-order valence-electron chi connectivity index (χ4n) is 5.73. The summed E-state index contributed by atoms with van der Waals surface area (Å²) in [6, 6.07) is 18.4. The topological polar surface area (TPSA) is 62.6 Å². The van der Waals surface area contributed by atoms with E-state index in [9.17, 15) is 4.79 Å². The molecule has 6 rings (SSSR count). The van der Waals surface area contributed by atoms with Gasteiger partial charge in [0.1, 0.15) is 5.75 Å². The molecule has 4 heterocycles. The molecule has 1 amide bonds. The first-order chi connectivity index (χ1) is 16.9. The van der Waals surface area contributed by atoms with Gasteiger partial charge in [0.05, 0.1) is 12.8 Å². The number of hydrogen-bond donors (Lipinski definition) is 1. The third kappa shape index (κ3) is 4.65. The van der Waals surface area contributed by atoms with Crippen LogP contribution in [0.25, 0.3) is 11.3 Å². The number of fused-ring (bicyclic) bond motifs is 3. The summed E-state index contributed by atoms with van der Waals surface area (Å²) in [5.41, 5.74) is 5.07. The Labute approximate surface area is 207 Å². The molecular formula is C28H35N5O2. The molecule has 7 nitrogen and oxygen atoms in total. The lowest BCUT2D eigenvalue weighted by atomic mass is 9.74. The van der Waals surface area contributed by atoms with E-state index in [1.165, 1.54) is 12.1 Å². The molecule has 0 aliphatic carbocycles. The lowest BCUT2D eigenvalue weighted by molar-refractivity contribution is 0.0280. The Morgan fingerprint density at radius 2 is 1.94 bits per heavy atom. The molecule has 3 aliphatic heterocycles. The van der Waals surface area contributed by atoms with Gasteiger partial charge in [-0.3, -0.25) is 14.4 Å². The first-order valence-electron chi connectivity index (χ1n) is 12.4. The van der Waals surface area contributed by atoms with Crippen LogP contribution >= 0.6 is 0 Å². The molecule has 0 spiro atoms. The summed E-state index contributed by atoms with van der Waals surface area (Å²) < 4.78 is 7.60. The molecule has 3 aliphatic rings. The van der Waals surface area contributed by atoms with E-state index in [4.69, 9.17) is 9.84 Å². The zero-order valence-corrected chi connectivity index (χ0v) is 21.1. The van der Waals surface area contributed by atoms with Gasteiger partial charge in [-0.15, -0.1) is 0 Å². The second-order valence-corrected chi connectivity index (χ2v) is 9.97. The Kier molecular flexibility index (Phi) is 6.52. The number of benzene rings is 2. The summed E-state index contributed by atoms with van der Waals surface area (Å²) in [5, 5.41) is 8.02. The molecule has 0 saturated carbocycles. The lowest BCUT2D eigenvalue weighted by Crippen LogP contribution is -2.56. The average molecular weight is 474 g/mol. The Bertz CT molecular complexity index is 1190. The fraction of sp³-hybridized carbons (Fsp3) is 0.429. The monoisotopic (exact) mass is 473 g/mol. The third-order valence-corrected chi connectivity index (χ3v) is 7.70. The highest BCUT2D eigenvalue weighted by Crippen LogP contribution is 2.42. The first kappa shape index (κ1) is 23.4. The number of aryl methyl sites for hydroxylation is 1. The molecular weight excluding hydrogens is 438 g/mol. The summed E-state index contributed by atoms with van der Waals surface area (Å²) in [6.07, 6.45) is 2.29. The second-order valence-electron chi connectivity index (χ2n) is 9.97. The van der Waals surface area contributed by atoms with Crippen molar-refractivity contribution in [2.75, 3.05) is 45.7 Å². The number of carbonyl (C=O) groups excluding carboxylic acids is 1. The summed E-state index contributed by atoms with van der Waals surface area (Å²) in [5.74, 6) is 1.90. The number of methoxy groups -OCH3 is 1. The predicted molar refractivity (Wildman–Crippen MR) is 139 cm³/mol. The molecule has 7 heteroatoms. The molecule has 2 bridgehead atoms. The van der Waals surface area contributed by atoms with E-state index in [1.807, 2.05) is 73.2 Å². The molecule has 2 aromatic carbocycles. The van der Waals surface area contributed by atoms with Crippen LogP contribution < -0.4 is 15.0 Å². The van der Waals surface area contributed by atoms with E-state index >= 15 is 0 Å². The van der Waals surface area contributed by atoms with E-state index < -0.39 is 0 Å². The van der Waals surface area contributed by atoms with Crippen LogP contribution in [0.1, 0.15) is 34.8 Å². The molecule has 1 unspecified atom stereocenters. The van der Waals surface area contributed by atoms with Crippen LogP contribution in [0.15, 0.2) is 54.6 Å². The van der Waals surface area contributed by atoms with Crippen molar-refractivity contribution in [1.29, 1.82) is 0 Å². The number of aromatic nitrogens is 2. The van der Waals surface area contributed by atoms with E-state index in [-0.39, 0.29) is 5.91 Å². The zero-order valence-electron chi connectivity index (χ0n) is 21.1. The molecule has 3 fully saturated rings. The lowest BCUT2D eigenvalue weighted by Gasteiger charge is -2.50. The van der Waals surface area contributed by atoms with Gasteiger partial charge in [0, 0.05) is 68.7 Å². The van der Waals surface area contributed by atoms with E-state index in [2.05, 4.69) is 22.3 Å². The highest BCUT2D eigenvalue weighted by molar-refractivity contribution is 5.94. The van der Waals surface area contributed by atoms with Gasteiger partial charge in [-0.1, -0.05) is 12.1 Å². The predicted octanol–water partition coefficient (Wildman–Crippen LogP) is 3.77. The summed E-state index contributed by atoms with van der Waals surface area (Å²) in [7, 11) is 7.75. The summed E-state index contributed by atoms with van der Waals surface area (Å²) in [6.45, 7) is 2.79. The molecule has 0 radical (unpaired) electrons. The van der Waals surface area contributed by atoms with Gasteiger partial charge in [0.15, 0.2) is 0 Å². The Morgan fingerprint density at radius 1 is 1.17 bits per heavy atom. The van der Waals surface area contributed by atoms with Crippen LogP contribution in [0.4, 0.5) is 5.69 Å². The average Bonchev–Trinajstić information content (AvgIpc) is 3.28. The van der Waals surface area contributed by atoms with Gasteiger partial charge in [0.25, 0.3) is 5.91 Å². The van der Waals surface area contributed by atoms with Crippen molar-refractivity contribution in [3.05, 3.63) is 65.9 Å². The number of piperidine rings is 3. The number of amides is 1. The van der Waals surface area contributed by atoms with Gasteiger partial charge in [-0.05, 0) is 67.8 Å². The quantitative estimate of drug-likeness (QED) is 0.566. The van der Waals surface area contributed by atoms with Crippen molar-refractivity contribution in [2.45, 2.75) is 24.8 Å². The third-order valence-electron chi connectivity index (χ3n) is 7.70. The van der Waals surface area contributed by atoms with Crippen LogP contribution in [0.2, 0.25) is 0 Å². The van der Waals surface area contributed by atoms with Gasteiger partial charge in [-0.2, -0.15) is 5.10 Å². The van der Waals surface area contributed by atoms with Crippen molar-refractivity contribution in [3.63, 3.8) is 0 Å². The molecule has 3 saturated heterocycles. The van der Waals surface area contributed by atoms with Gasteiger partial charge in [-0.25, -0.2) is 0 Å². The number of nitrogens with zero attached hydrogens (tertiary/aromatic N) is 4. The molecule has 184 valence electrons. The van der Waals surface area contributed by atoms with Crippen LogP contribution in [0, 0.1) is 5.92 Å². The Hall–Kier alpha value is -3.32. The van der Waals surface area contributed by atoms with Crippen molar-refractivity contribution < 1.29 is 9.53 Å². The van der Waals surface area contributed by atoms with Crippen LogP contribution in [0.3, 0.4) is 0 Å². The number of carbonyl (C=O) groups is 1. The first-order valence-corrected chi connectivity index (χ1v) is 12.4. The minimum Gasteiger partial charge on any atom is -0.496 e. The maximum Gasteiger partial charge on any atom is 0.251 e. The molecule has 4 atom stereocenters. The molecule has 1 aromatic heterocycles. The number of para-hydroxylation sites is 1. The van der Waals surface area contributed by atoms with E-state index in [0.29, 0.717) is 30.0 Å². The van der Waals surface area contributed by atoms with Crippen molar-refractivity contribution in [2.24, 2.45) is 13.0 Å². The number of nitrogens with one attached hydrogen (secondary N) is 1. The zero-order chi connectivity index (χ0) is 24.5. The number of rotatable bonds is 7. The summed E-state index contributed by atoms with van der Waals surface area (Å²) in [4.78, 5) is 17.3. The minimum atomic E-state index is 0.00240. The van der Waals surface area contributed by atoms with Crippen molar-refractivity contribution in [3.8, 4) is 17.0 Å². The van der Waals surface area contributed by atoms with Crippen LogP contribution in [-0.2, 0) is 7.05 Å². The van der Waals surface area contributed by atoms with Crippen LogP contribution in [-0.4, -0.2) is 67.5 Å². The molecule has 1 N–H and O–H groups in total. The van der Waals surface area contributed by atoms with Gasteiger partial charge in [0.2, 0.25) is 0 Å². The maximum atomic E-state index is 12.7. The second kappa shape index (κ2) is 9.74. The van der Waals surface area contributed by atoms with Gasteiger partial charge < -0.3 is 15.0 Å². The maximum absolute atomic E-state index is 12.7. The normalized spacial score (nSPS) is 23.2. The minimum absolute atomic E-state index is 0.00240.